The molecule has 4 heteroatoms. The first-order valence-electron chi connectivity index (χ1n) is 17.1. The molecule has 0 spiro atoms. The van der Waals surface area contributed by atoms with Crippen LogP contribution in [0.4, 0.5) is 0 Å². The summed E-state index contributed by atoms with van der Waals surface area (Å²) >= 11 is 0. The maximum atomic E-state index is 6.27. The highest BCUT2D eigenvalue weighted by molar-refractivity contribution is 6.16. The van der Waals surface area contributed by atoms with E-state index in [2.05, 4.69) is 133 Å². The largest absolute Gasteiger partial charge is 0.456 e. The van der Waals surface area contributed by atoms with Gasteiger partial charge in [-0.2, -0.15) is 0 Å². The standard InChI is InChI=1S/C47H29N3O/c1-3-14-30(15-4-1)41-29-33(28-32-18-7-8-19-34(32)41)46-48-45(31-16-5-2-6-17-31)49-47(50-46)39-27-26-37(35-20-9-10-21-36(35)39)38-23-13-25-43-44(38)40-22-11-12-24-42(40)51-43/h1-29H. The van der Waals surface area contributed by atoms with E-state index >= 15 is 0 Å². The monoisotopic (exact) mass is 651 g/mol. The van der Waals surface area contributed by atoms with Gasteiger partial charge >= 0.3 is 0 Å². The van der Waals surface area contributed by atoms with Crippen LogP contribution in [-0.2, 0) is 0 Å². The fourth-order valence-electron chi connectivity index (χ4n) is 7.37. The van der Waals surface area contributed by atoms with Crippen molar-refractivity contribution in [2.24, 2.45) is 0 Å². The number of nitrogens with zero attached hydrogens (tertiary/aromatic N) is 3. The Labute approximate surface area is 294 Å². The van der Waals surface area contributed by atoms with Crippen LogP contribution in [-0.4, -0.2) is 15.0 Å². The lowest BCUT2D eigenvalue weighted by atomic mass is 9.92. The van der Waals surface area contributed by atoms with E-state index in [1.54, 1.807) is 0 Å². The summed E-state index contributed by atoms with van der Waals surface area (Å²) in [6, 6.07) is 61.0. The fraction of sp³-hybridized carbons (Fsp3) is 0. The normalized spacial score (nSPS) is 11.5. The molecule has 4 nitrogen and oxygen atoms in total. The van der Waals surface area contributed by atoms with E-state index in [-0.39, 0.29) is 0 Å². The van der Waals surface area contributed by atoms with Gasteiger partial charge in [-0.05, 0) is 74.1 Å². The topological polar surface area (TPSA) is 51.8 Å². The highest BCUT2D eigenvalue weighted by Crippen LogP contribution is 2.42. The fourth-order valence-corrected chi connectivity index (χ4v) is 7.37. The Kier molecular flexibility index (Phi) is 6.78. The molecule has 0 amide bonds. The van der Waals surface area contributed by atoms with Gasteiger partial charge in [0.25, 0.3) is 0 Å². The molecule has 0 fully saturated rings. The average molecular weight is 652 g/mol. The molecule has 51 heavy (non-hydrogen) atoms. The molecule has 0 aliphatic rings. The van der Waals surface area contributed by atoms with E-state index in [1.165, 1.54) is 5.39 Å². The Balaban J connectivity index is 1.21. The summed E-state index contributed by atoms with van der Waals surface area (Å²) in [5, 5.41) is 6.73. The van der Waals surface area contributed by atoms with Crippen LogP contribution >= 0.6 is 0 Å². The van der Waals surface area contributed by atoms with Gasteiger partial charge in [0.1, 0.15) is 11.2 Å². The van der Waals surface area contributed by atoms with Crippen molar-refractivity contribution in [3.63, 3.8) is 0 Å². The molecule has 0 bridgehead atoms. The van der Waals surface area contributed by atoms with Gasteiger partial charge in [-0.25, -0.2) is 15.0 Å². The first-order chi connectivity index (χ1) is 25.3. The van der Waals surface area contributed by atoms with Gasteiger partial charge < -0.3 is 4.42 Å². The molecule has 10 rings (SSSR count). The summed E-state index contributed by atoms with van der Waals surface area (Å²) in [7, 11) is 0. The van der Waals surface area contributed by atoms with Crippen molar-refractivity contribution in [1.82, 2.24) is 15.0 Å². The zero-order chi connectivity index (χ0) is 33.7. The lowest BCUT2D eigenvalue weighted by Gasteiger charge is -2.14. The summed E-state index contributed by atoms with van der Waals surface area (Å²) in [5.41, 5.74) is 9.13. The van der Waals surface area contributed by atoms with E-state index in [9.17, 15) is 0 Å². The molecule has 0 aliphatic carbocycles. The quantitative estimate of drug-likeness (QED) is 0.186. The first kappa shape index (κ1) is 29.0. The molecule has 0 N–H and O–H groups in total. The SMILES string of the molecule is c1ccc(-c2nc(-c3cc(-c4ccccc4)c4ccccc4c3)nc(-c3ccc(-c4cccc5oc6ccccc6c45)c4ccccc34)n2)cc1. The van der Waals surface area contributed by atoms with Gasteiger partial charge in [0, 0.05) is 27.5 Å². The van der Waals surface area contributed by atoms with Gasteiger partial charge in [-0.15, -0.1) is 0 Å². The minimum atomic E-state index is 0.628. The molecular formula is C47H29N3O. The second-order valence-electron chi connectivity index (χ2n) is 12.8. The van der Waals surface area contributed by atoms with E-state index < -0.39 is 0 Å². The number of furan rings is 1. The summed E-state index contributed by atoms with van der Waals surface area (Å²) in [5.74, 6) is 1.89. The van der Waals surface area contributed by atoms with Crippen molar-refractivity contribution in [3.8, 4) is 56.4 Å². The van der Waals surface area contributed by atoms with Crippen LogP contribution in [0.25, 0.3) is 99.9 Å². The van der Waals surface area contributed by atoms with Crippen molar-refractivity contribution in [2.75, 3.05) is 0 Å². The third-order valence-corrected chi connectivity index (χ3v) is 9.73. The van der Waals surface area contributed by atoms with Crippen molar-refractivity contribution >= 4 is 43.5 Å². The number of benzene rings is 8. The minimum absolute atomic E-state index is 0.628. The molecule has 8 aromatic carbocycles. The Morgan fingerprint density at radius 2 is 0.882 bits per heavy atom. The van der Waals surface area contributed by atoms with Crippen LogP contribution in [0.1, 0.15) is 0 Å². The van der Waals surface area contributed by atoms with E-state index in [0.29, 0.717) is 17.5 Å². The lowest BCUT2D eigenvalue weighted by Crippen LogP contribution is -2.01. The van der Waals surface area contributed by atoms with Crippen molar-refractivity contribution in [2.45, 2.75) is 0 Å². The molecule has 0 atom stereocenters. The molecule has 2 heterocycles. The molecule has 10 aromatic rings. The third kappa shape index (κ3) is 4.96. The summed E-state index contributed by atoms with van der Waals surface area (Å²) in [6.45, 7) is 0. The van der Waals surface area contributed by atoms with Crippen LogP contribution in [0.15, 0.2) is 180 Å². The first-order valence-corrected chi connectivity index (χ1v) is 17.1. The van der Waals surface area contributed by atoms with E-state index in [4.69, 9.17) is 19.4 Å². The Bertz CT molecular complexity index is 2910. The second kappa shape index (κ2) is 11.9. The third-order valence-electron chi connectivity index (χ3n) is 9.73. The number of rotatable bonds is 5. The van der Waals surface area contributed by atoms with E-state index in [0.717, 1.165) is 77.0 Å². The van der Waals surface area contributed by atoms with Crippen LogP contribution in [0.3, 0.4) is 0 Å². The van der Waals surface area contributed by atoms with Crippen molar-refractivity contribution < 1.29 is 4.42 Å². The van der Waals surface area contributed by atoms with Gasteiger partial charge in [-0.3, -0.25) is 0 Å². The minimum Gasteiger partial charge on any atom is -0.456 e. The predicted molar refractivity (Wildman–Crippen MR) is 209 cm³/mol. The maximum Gasteiger partial charge on any atom is 0.164 e. The molecule has 0 saturated heterocycles. The predicted octanol–water partition coefficient (Wildman–Crippen LogP) is 12.4. The van der Waals surface area contributed by atoms with Crippen LogP contribution in [0.2, 0.25) is 0 Å². The summed E-state index contributed by atoms with van der Waals surface area (Å²) in [6.07, 6.45) is 0. The molecule has 0 unspecified atom stereocenters. The number of hydrogen-bond donors (Lipinski definition) is 0. The summed E-state index contributed by atoms with van der Waals surface area (Å²) < 4.78 is 6.27. The Hall–Kier alpha value is -6.91. The molecule has 238 valence electrons. The van der Waals surface area contributed by atoms with Crippen LogP contribution < -0.4 is 0 Å². The number of fused-ring (bicyclic) bond motifs is 5. The van der Waals surface area contributed by atoms with Gasteiger partial charge in [0.05, 0.1) is 0 Å². The second-order valence-corrected chi connectivity index (χ2v) is 12.8. The smallest absolute Gasteiger partial charge is 0.164 e. The summed E-state index contributed by atoms with van der Waals surface area (Å²) in [4.78, 5) is 15.5. The zero-order valence-corrected chi connectivity index (χ0v) is 27.5. The number of para-hydroxylation sites is 1. The highest BCUT2D eigenvalue weighted by atomic mass is 16.3. The Morgan fingerprint density at radius 3 is 1.67 bits per heavy atom. The molecule has 0 aliphatic heterocycles. The Morgan fingerprint density at radius 1 is 0.314 bits per heavy atom. The van der Waals surface area contributed by atoms with Gasteiger partial charge in [0.2, 0.25) is 0 Å². The van der Waals surface area contributed by atoms with Crippen LogP contribution in [0.5, 0.6) is 0 Å². The van der Waals surface area contributed by atoms with Gasteiger partial charge in [0.15, 0.2) is 17.5 Å². The number of hydrogen-bond acceptors (Lipinski definition) is 4. The zero-order valence-electron chi connectivity index (χ0n) is 27.5. The highest BCUT2D eigenvalue weighted by Gasteiger charge is 2.19. The molecule has 0 saturated carbocycles. The van der Waals surface area contributed by atoms with Crippen molar-refractivity contribution in [1.29, 1.82) is 0 Å². The lowest BCUT2D eigenvalue weighted by molar-refractivity contribution is 0.669. The maximum absolute atomic E-state index is 6.27. The molecule has 2 aromatic heterocycles. The van der Waals surface area contributed by atoms with Crippen molar-refractivity contribution in [3.05, 3.63) is 176 Å². The van der Waals surface area contributed by atoms with E-state index in [1.807, 2.05) is 42.5 Å². The van der Waals surface area contributed by atoms with Gasteiger partial charge in [-0.1, -0.05) is 146 Å². The molecular weight excluding hydrogens is 623 g/mol. The molecule has 0 radical (unpaired) electrons. The average Bonchev–Trinajstić information content (AvgIpc) is 3.60. The van der Waals surface area contributed by atoms with Crippen LogP contribution in [0, 0.1) is 0 Å². The number of aromatic nitrogens is 3.